The highest BCUT2D eigenvalue weighted by atomic mass is 19.1. The summed E-state index contributed by atoms with van der Waals surface area (Å²) in [7, 11) is 0. The van der Waals surface area contributed by atoms with Gasteiger partial charge in [-0.2, -0.15) is 4.98 Å². The van der Waals surface area contributed by atoms with Gasteiger partial charge in [0.2, 0.25) is 17.8 Å². The van der Waals surface area contributed by atoms with Gasteiger partial charge in [-0.3, -0.25) is 14.9 Å². The van der Waals surface area contributed by atoms with Crippen molar-refractivity contribution in [1.29, 1.82) is 0 Å². The van der Waals surface area contributed by atoms with Gasteiger partial charge in [-0.1, -0.05) is 18.7 Å². The predicted molar refractivity (Wildman–Crippen MR) is 168 cm³/mol. The maximum atomic E-state index is 16.0. The molecule has 236 valence electrons. The lowest BCUT2D eigenvalue weighted by Crippen LogP contribution is -2.54. The van der Waals surface area contributed by atoms with Gasteiger partial charge in [0.1, 0.15) is 23.1 Å². The van der Waals surface area contributed by atoms with Gasteiger partial charge in [-0.05, 0) is 56.9 Å². The van der Waals surface area contributed by atoms with Crippen LogP contribution in [0.5, 0.6) is 0 Å². The first-order chi connectivity index (χ1) is 22.1. The van der Waals surface area contributed by atoms with Crippen LogP contribution in [0.4, 0.5) is 20.5 Å². The van der Waals surface area contributed by atoms with E-state index in [9.17, 15) is 14.4 Å². The zero-order valence-corrected chi connectivity index (χ0v) is 25.5. The van der Waals surface area contributed by atoms with Gasteiger partial charge in [-0.25, -0.2) is 33.1 Å². The number of amides is 2. The Morgan fingerprint density at radius 3 is 2.24 bits per heavy atom. The largest absolute Gasteiger partial charge is 0.355 e. The average Bonchev–Trinajstić information content (AvgIpc) is 3.95. The normalized spacial score (nSPS) is 18.1. The topological polar surface area (TPSA) is 126 Å². The monoisotopic (exact) mass is 626 g/mol. The summed E-state index contributed by atoms with van der Waals surface area (Å²) in [6.07, 6.45) is 4.59. The molecule has 46 heavy (non-hydrogen) atoms. The van der Waals surface area contributed by atoms with Crippen LogP contribution >= 0.6 is 0 Å². The van der Waals surface area contributed by atoms with E-state index in [1.807, 2.05) is 11.8 Å². The molecule has 0 radical (unpaired) electrons. The number of hydrogen-bond acceptors (Lipinski definition) is 8. The molecule has 7 rings (SSSR count). The minimum Gasteiger partial charge on any atom is -0.350 e. The van der Waals surface area contributed by atoms with Crippen LogP contribution in [-0.2, 0) is 9.59 Å². The van der Waals surface area contributed by atoms with E-state index in [1.165, 1.54) is 41.8 Å². The minimum absolute atomic E-state index is 0.0200. The molecule has 1 atom stereocenters. The van der Waals surface area contributed by atoms with Crippen molar-refractivity contribution >= 4 is 34.6 Å². The number of aromatic nitrogens is 5. The molecule has 2 aliphatic carbocycles. The molecular weight excluding hydrogens is 594 g/mol. The van der Waals surface area contributed by atoms with Gasteiger partial charge in [-0.15, -0.1) is 0 Å². The number of nitrogens with one attached hydrogen (secondary N) is 1. The lowest BCUT2D eigenvalue weighted by Gasteiger charge is -2.40. The second-order valence-electron chi connectivity index (χ2n) is 12.2. The van der Waals surface area contributed by atoms with Gasteiger partial charge in [0.15, 0.2) is 5.65 Å². The summed E-state index contributed by atoms with van der Waals surface area (Å²) in [6.45, 7) is 7.87. The summed E-state index contributed by atoms with van der Waals surface area (Å²) < 4.78 is 32.4. The maximum Gasteiger partial charge on any atom is 0.355 e. The fourth-order valence-electron chi connectivity index (χ4n) is 6.19. The number of halogens is 2. The van der Waals surface area contributed by atoms with Crippen LogP contribution < -0.4 is 15.9 Å². The molecule has 0 spiro atoms. The zero-order chi connectivity index (χ0) is 32.3. The van der Waals surface area contributed by atoms with Gasteiger partial charge < -0.3 is 9.80 Å². The Kier molecular flexibility index (Phi) is 7.33. The smallest absolute Gasteiger partial charge is 0.350 e. The van der Waals surface area contributed by atoms with Crippen molar-refractivity contribution in [2.75, 3.05) is 29.9 Å². The van der Waals surface area contributed by atoms with E-state index in [0.717, 1.165) is 25.7 Å². The van der Waals surface area contributed by atoms with Crippen molar-refractivity contribution < 1.29 is 18.4 Å². The Labute approximate surface area is 263 Å². The molecule has 4 heterocycles. The molecule has 3 aliphatic rings. The molecule has 1 saturated heterocycles. The average molecular weight is 627 g/mol. The predicted octanol–water partition coefficient (Wildman–Crippen LogP) is 4.45. The standard InChI is InChI=1S/C33H32F2N8O3/c1-4-25(45)41-13-14-42(17(2)16-41)30-22-15-24(35)28(21-7-5-6-8-23(21)34)37-31(22)43(33(46)40-30)29-26(19-9-10-19)38-32(36-18(3)44)39-27(29)20-11-12-20/h4-8,15,17,19-20H,1,9-14,16H2,2-3H3,(H,36,38,39,44)/t17-/m0/s1. The highest BCUT2D eigenvalue weighted by molar-refractivity contribution is 5.91. The molecule has 2 saturated carbocycles. The number of hydrogen-bond donors (Lipinski definition) is 1. The molecule has 13 heteroatoms. The number of fused-ring (bicyclic) bond motifs is 1. The molecule has 1 aliphatic heterocycles. The lowest BCUT2D eigenvalue weighted by atomic mass is 10.1. The van der Waals surface area contributed by atoms with Gasteiger partial charge in [0, 0.05) is 50.0 Å². The fourth-order valence-corrected chi connectivity index (χ4v) is 6.19. The third-order valence-electron chi connectivity index (χ3n) is 8.69. The van der Waals surface area contributed by atoms with Crippen molar-refractivity contribution in [3.63, 3.8) is 0 Å². The van der Waals surface area contributed by atoms with E-state index in [1.54, 1.807) is 11.0 Å². The third-order valence-corrected chi connectivity index (χ3v) is 8.69. The number of carbonyl (C=O) groups excluding carboxylic acids is 2. The molecule has 4 aromatic rings. The van der Waals surface area contributed by atoms with Crippen LogP contribution in [0, 0.1) is 11.6 Å². The molecule has 0 unspecified atom stereocenters. The Hall–Kier alpha value is -5.07. The Bertz CT molecular complexity index is 1950. The first-order valence-electron chi connectivity index (χ1n) is 15.4. The zero-order valence-electron chi connectivity index (χ0n) is 25.5. The number of pyridine rings is 1. The van der Waals surface area contributed by atoms with Gasteiger partial charge in [0.05, 0.1) is 22.5 Å². The molecule has 3 fully saturated rings. The molecule has 11 nitrogen and oxygen atoms in total. The van der Waals surface area contributed by atoms with E-state index in [0.29, 0.717) is 36.7 Å². The van der Waals surface area contributed by atoms with Crippen molar-refractivity contribution in [3.05, 3.63) is 76.5 Å². The molecule has 1 N–H and O–H groups in total. The summed E-state index contributed by atoms with van der Waals surface area (Å²) in [6, 6.07) is 6.73. The minimum atomic E-state index is -0.777. The summed E-state index contributed by atoms with van der Waals surface area (Å²) in [5.41, 5.74) is 0.724. The maximum absolute atomic E-state index is 16.0. The second kappa shape index (κ2) is 11.4. The van der Waals surface area contributed by atoms with Crippen molar-refractivity contribution in [3.8, 4) is 16.9 Å². The summed E-state index contributed by atoms with van der Waals surface area (Å²) >= 11 is 0. The Morgan fingerprint density at radius 2 is 1.65 bits per heavy atom. The number of carbonyl (C=O) groups is 2. The molecule has 2 amide bonds. The van der Waals surface area contributed by atoms with Crippen molar-refractivity contribution in [2.24, 2.45) is 0 Å². The van der Waals surface area contributed by atoms with E-state index >= 15 is 8.78 Å². The Balaban J connectivity index is 1.50. The third kappa shape index (κ3) is 5.29. The fraction of sp³-hybridized carbons (Fsp3) is 0.364. The van der Waals surface area contributed by atoms with Crippen LogP contribution in [0.2, 0.25) is 0 Å². The summed E-state index contributed by atoms with van der Waals surface area (Å²) in [5.74, 6) is -1.54. The summed E-state index contributed by atoms with van der Waals surface area (Å²) in [5, 5.41) is 2.94. The molecular formula is C33H32F2N8O3. The van der Waals surface area contributed by atoms with E-state index in [-0.39, 0.29) is 63.7 Å². The van der Waals surface area contributed by atoms with Crippen molar-refractivity contribution in [2.45, 2.75) is 57.4 Å². The number of benzene rings is 1. The molecule has 0 bridgehead atoms. The van der Waals surface area contributed by atoms with Crippen LogP contribution in [0.3, 0.4) is 0 Å². The van der Waals surface area contributed by atoms with E-state index in [4.69, 9.17) is 9.97 Å². The van der Waals surface area contributed by atoms with Gasteiger partial charge >= 0.3 is 5.69 Å². The number of anilines is 2. The number of nitrogens with zero attached hydrogens (tertiary/aromatic N) is 7. The highest BCUT2D eigenvalue weighted by Crippen LogP contribution is 2.48. The van der Waals surface area contributed by atoms with Crippen LogP contribution in [-0.4, -0.2) is 66.9 Å². The molecule has 1 aromatic carbocycles. The van der Waals surface area contributed by atoms with E-state index in [2.05, 4.69) is 21.9 Å². The first kappa shape index (κ1) is 29.6. The van der Waals surface area contributed by atoms with Crippen LogP contribution in [0.15, 0.2) is 47.8 Å². The quantitative estimate of drug-likeness (QED) is 0.298. The van der Waals surface area contributed by atoms with Crippen LogP contribution in [0.1, 0.15) is 62.8 Å². The Morgan fingerprint density at radius 1 is 0.978 bits per heavy atom. The summed E-state index contributed by atoms with van der Waals surface area (Å²) in [4.78, 5) is 60.7. The SMILES string of the molecule is C=CC(=O)N1CCN(c2nc(=O)n(-c3c(C4CC4)nc(NC(C)=O)nc3C3CC3)c3nc(-c4ccccc4F)c(F)cc23)[C@@H](C)C1. The first-order valence-corrected chi connectivity index (χ1v) is 15.4. The highest BCUT2D eigenvalue weighted by Gasteiger charge is 2.38. The van der Waals surface area contributed by atoms with Crippen molar-refractivity contribution in [1.82, 2.24) is 29.4 Å². The number of rotatable bonds is 7. The lowest BCUT2D eigenvalue weighted by molar-refractivity contribution is -0.126. The van der Waals surface area contributed by atoms with E-state index < -0.39 is 17.3 Å². The van der Waals surface area contributed by atoms with Crippen LogP contribution in [0.25, 0.3) is 28.0 Å². The number of piperazine rings is 1. The second-order valence-corrected chi connectivity index (χ2v) is 12.2. The van der Waals surface area contributed by atoms with Gasteiger partial charge in [0.25, 0.3) is 0 Å². The molecule has 3 aromatic heterocycles.